The number of ether oxygens (including phenoxy) is 1. The van der Waals surface area contributed by atoms with Crippen LogP contribution in [0.5, 0.6) is 6.01 Å². The number of carbonyl (C=O) groups is 1. The minimum Gasteiger partial charge on any atom is -0.481 e. The molecular formula is C23H23ClFN3O3. The molecule has 0 amide bonds. The van der Waals surface area contributed by atoms with Crippen LogP contribution in [0.25, 0.3) is 11.1 Å². The summed E-state index contributed by atoms with van der Waals surface area (Å²) in [6.45, 7) is 4.24. The molecule has 1 heterocycles. The molecule has 2 aromatic carbocycles. The molecule has 0 radical (unpaired) electrons. The van der Waals surface area contributed by atoms with Crippen molar-refractivity contribution >= 4 is 28.9 Å². The predicted molar refractivity (Wildman–Crippen MR) is 119 cm³/mol. The number of aliphatic carboxylic acids is 1. The Hall–Kier alpha value is -3.19. The highest BCUT2D eigenvalue weighted by Gasteiger charge is 2.18. The lowest BCUT2D eigenvalue weighted by molar-refractivity contribution is -0.137. The molecule has 162 valence electrons. The third-order valence-electron chi connectivity index (χ3n) is 4.83. The Bertz CT molecular complexity index is 1060. The van der Waals surface area contributed by atoms with Gasteiger partial charge in [-0.2, -0.15) is 0 Å². The Labute approximate surface area is 185 Å². The quantitative estimate of drug-likeness (QED) is 0.419. The Balaban J connectivity index is 2.04. The van der Waals surface area contributed by atoms with Gasteiger partial charge in [0.2, 0.25) is 0 Å². The summed E-state index contributed by atoms with van der Waals surface area (Å²) in [5, 5.41) is 12.8. The van der Waals surface area contributed by atoms with Crippen molar-refractivity contribution in [3.8, 4) is 17.1 Å². The number of hydrogen-bond acceptors (Lipinski definition) is 5. The van der Waals surface area contributed by atoms with Crippen LogP contribution >= 0.6 is 11.6 Å². The first-order chi connectivity index (χ1) is 14.9. The van der Waals surface area contributed by atoms with E-state index in [1.807, 2.05) is 26.0 Å². The second-order valence-corrected chi connectivity index (χ2v) is 7.38. The second kappa shape index (κ2) is 10.2. The molecule has 31 heavy (non-hydrogen) atoms. The van der Waals surface area contributed by atoms with Gasteiger partial charge in [-0.15, -0.1) is 0 Å². The number of carboxylic acid groups (broad SMARTS) is 1. The molecule has 0 fully saturated rings. The number of nitrogens with zero attached hydrogens (tertiary/aromatic N) is 2. The largest absolute Gasteiger partial charge is 0.481 e. The van der Waals surface area contributed by atoms with E-state index in [-0.39, 0.29) is 18.3 Å². The van der Waals surface area contributed by atoms with E-state index in [0.29, 0.717) is 40.6 Å². The zero-order valence-electron chi connectivity index (χ0n) is 17.2. The van der Waals surface area contributed by atoms with Crippen LogP contribution in [-0.4, -0.2) is 27.7 Å². The van der Waals surface area contributed by atoms with Crippen LogP contribution in [0.4, 0.5) is 15.8 Å². The van der Waals surface area contributed by atoms with E-state index in [1.54, 1.807) is 30.6 Å². The normalized spacial score (nSPS) is 11.7. The molecule has 0 bridgehead atoms. The highest BCUT2D eigenvalue weighted by Crippen LogP contribution is 2.36. The zero-order chi connectivity index (χ0) is 22.4. The minimum absolute atomic E-state index is 0.0107. The van der Waals surface area contributed by atoms with Crippen molar-refractivity contribution in [2.45, 2.75) is 32.6 Å². The Kier molecular flexibility index (Phi) is 7.41. The maximum atomic E-state index is 14.7. The van der Waals surface area contributed by atoms with Crippen molar-refractivity contribution in [3.05, 3.63) is 65.2 Å². The summed E-state index contributed by atoms with van der Waals surface area (Å²) in [6, 6.07) is 10.2. The Morgan fingerprint density at radius 1 is 1.16 bits per heavy atom. The van der Waals surface area contributed by atoms with E-state index < -0.39 is 11.8 Å². The average Bonchev–Trinajstić information content (AvgIpc) is 2.74. The van der Waals surface area contributed by atoms with Crippen molar-refractivity contribution in [2.24, 2.45) is 0 Å². The van der Waals surface area contributed by atoms with Crippen LogP contribution in [0, 0.1) is 5.82 Å². The summed E-state index contributed by atoms with van der Waals surface area (Å²) in [4.78, 5) is 19.6. The Morgan fingerprint density at radius 3 is 2.48 bits per heavy atom. The number of nitrogens with one attached hydrogen (secondary N) is 1. The maximum Gasteiger partial charge on any atom is 0.316 e. The number of hydrogen-bond donors (Lipinski definition) is 2. The molecule has 0 saturated carbocycles. The fraction of sp³-hybridized carbons (Fsp3) is 0.261. The first-order valence-electron chi connectivity index (χ1n) is 9.94. The monoisotopic (exact) mass is 443 g/mol. The number of aromatic nitrogens is 2. The lowest BCUT2D eigenvalue weighted by atomic mass is 9.90. The molecule has 0 saturated heterocycles. The lowest BCUT2D eigenvalue weighted by Crippen LogP contribution is -2.06. The van der Waals surface area contributed by atoms with Crippen molar-refractivity contribution in [2.75, 3.05) is 11.9 Å². The fourth-order valence-corrected chi connectivity index (χ4v) is 3.47. The summed E-state index contributed by atoms with van der Waals surface area (Å²) >= 11 is 5.91. The van der Waals surface area contributed by atoms with Gasteiger partial charge < -0.3 is 15.2 Å². The standard InChI is InChI=1S/C23H23ClFN3O3/c1-3-14(10-22(29)30)15-5-7-19(18-8-6-16(24)11-20(18)25)21(9-15)28-17-12-26-23(27-13-17)31-4-2/h5-9,11-14,28H,3-4,10H2,1-2H3,(H,29,30)/t14-/m1/s1. The van der Waals surface area contributed by atoms with Crippen LogP contribution in [-0.2, 0) is 4.79 Å². The zero-order valence-corrected chi connectivity index (χ0v) is 18.0. The number of benzene rings is 2. The van der Waals surface area contributed by atoms with Crippen molar-refractivity contribution in [1.82, 2.24) is 9.97 Å². The van der Waals surface area contributed by atoms with Crippen molar-refractivity contribution < 1.29 is 19.0 Å². The minimum atomic E-state index is -0.867. The first-order valence-corrected chi connectivity index (χ1v) is 10.3. The number of halogens is 2. The summed E-state index contributed by atoms with van der Waals surface area (Å²) < 4.78 is 19.9. The molecule has 2 N–H and O–H groups in total. The SMILES string of the molecule is CCOc1ncc(Nc2cc([C@H](CC)CC(=O)O)ccc2-c2ccc(Cl)cc2F)cn1. The van der Waals surface area contributed by atoms with Gasteiger partial charge in [0.15, 0.2) is 0 Å². The third-order valence-corrected chi connectivity index (χ3v) is 5.07. The third kappa shape index (κ3) is 5.70. The van der Waals surface area contributed by atoms with E-state index in [1.165, 1.54) is 6.07 Å². The molecule has 3 rings (SSSR count). The lowest BCUT2D eigenvalue weighted by Gasteiger charge is -2.18. The molecule has 0 aliphatic rings. The van der Waals surface area contributed by atoms with Crippen LogP contribution in [0.3, 0.4) is 0 Å². The van der Waals surface area contributed by atoms with Crippen LogP contribution < -0.4 is 10.1 Å². The van der Waals surface area contributed by atoms with E-state index in [4.69, 9.17) is 16.3 Å². The molecule has 3 aromatic rings. The Morgan fingerprint density at radius 2 is 1.87 bits per heavy atom. The number of rotatable bonds is 9. The summed E-state index contributed by atoms with van der Waals surface area (Å²) in [5.41, 5.74) is 3.02. The summed E-state index contributed by atoms with van der Waals surface area (Å²) in [6.07, 6.45) is 3.81. The van der Waals surface area contributed by atoms with Gasteiger partial charge in [0.05, 0.1) is 31.1 Å². The molecule has 0 aliphatic heterocycles. The molecular weight excluding hydrogens is 421 g/mol. The van der Waals surface area contributed by atoms with Gasteiger partial charge in [0, 0.05) is 21.8 Å². The molecule has 1 atom stereocenters. The highest BCUT2D eigenvalue weighted by atomic mass is 35.5. The topological polar surface area (TPSA) is 84.3 Å². The van der Waals surface area contributed by atoms with Crippen LogP contribution in [0.2, 0.25) is 5.02 Å². The van der Waals surface area contributed by atoms with E-state index >= 15 is 0 Å². The van der Waals surface area contributed by atoms with E-state index in [0.717, 1.165) is 5.56 Å². The molecule has 6 nitrogen and oxygen atoms in total. The average molecular weight is 444 g/mol. The van der Waals surface area contributed by atoms with Gasteiger partial charge in [0.1, 0.15) is 5.82 Å². The summed E-state index contributed by atoms with van der Waals surface area (Å²) in [7, 11) is 0. The fourth-order valence-electron chi connectivity index (χ4n) is 3.31. The van der Waals surface area contributed by atoms with Crippen LogP contribution in [0.1, 0.15) is 38.2 Å². The van der Waals surface area contributed by atoms with E-state index in [9.17, 15) is 14.3 Å². The van der Waals surface area contributed by atoms with Gasteiger partial charge in [0.25, 0.3) is 0 Å². The van der Waals surface area contributed by atoms with Gasteiger partial charge in [-0.25, -0.2) is 14.4 Å². The molecule has 8 heteroatoms. The van der Waals surface area contributed by atoms with Crippen molar-refractivity contribution in [1.29, 1.82) is 0 Å². The highest BCUT2D eigenvalue weighted by molar-refractivity contribution is 6.30. The second-order valence-electron chi connectivity index (χ2n) is 6.94. The molecule has 0 unspecified atom stereocenters. The van der Waals surface area contributed by atoms with Gasteiger partial charge >= 0.3 is 12.0 Å². The molecule has 0 aliphatic carbocycles. The summed E-state index contributed by atoms with van der Waals surface area (Å²) in [5.74, 6) is -1.49. The number of carboxylic acids is 1. The number of anilines is 2. The van der Waals surface area contributed by atoms with Gasteiger partial charge in [-0.1, -0.05) is 30.7 Å². The van der Waals surface area contributed by atoms with Gasteiger partial charge in [-0.05, 0) is 49.1 Å². The van der Waals surface area contributed by atoms with E-state index in [2.05, 4.69) is 15.3 Å². The molecule has 1 aromatic heterocycles. The van der Waals surface area contributed by atoms with Crippen molar-refractivity contribution in [3.63, 3.8) is 0 Å². The maximum absolute atomic E-state index is 14.7. The van der Waals surface area contributed by atoms with Crippen LogP contribution in [0.15, 0.2) is 48.8 Å². The van der Waals surface area contributed by atoms with Gasteiger partial charge in [-0.3, -0.25) is 4.79 Å². The predicted octanol–water partition coefficient (Wildman–Crippen LogP) is 6.05. The smallest absolute Gasteiger partial charge is 0.316 e. The first kappa shape index (κ1) is 22.5. The molecule has 0 spiro atoms.